The minimum absolute atomic E-state index is 1.00. The Morgan fingerprint density at radius 1 is 1.43 bits per heavy atom. The van der Waals surface area contributed by atoms with Gasteiger partial charge in [-0.1, -0.05) is 15.9 Å². The number of halogens is 1. The highest BCUT2D eigenvalue weighted by Crippen LogP contribution is 2.25. The summed E-state index contributed by atoms with van der Waals surface area (Å²) in [5, 5.41) is 3.31. The van der Waals surface area contributed by atoms with Crippen molar-refractivity contribution in [2.75, 3.05) is 11.9 Å². The Morgan fingerprint density at radius 2 is 2.36 bits per heavy atom. The molecule has 1 aliphatic rings. The first-order chi connectivity index (χ1) is 6.84. The number of anilines is 1. The number of nitrogens with one attached hydrogen (secondary N) is 1. The van der Waals surface area contributed by atoms with E-state index in [0.29, 0.717) is 0 Å². The Kier molecular flexibility index (Phi) is 1.77. The fraction of sp³-hybridized carbons (Fsp3) is 0.300. The highest BCUT2D eigenvalue weighted by Gasteiger charge is 2.13. The maximum absolute atomic E-state index is 4.54. The van der Waals surface area contributed by atoms with Gasteiger partial charge in [-0.15, -0.1) is 0 Å². The molecule has 1 aromatic carbocycles. The molecule has 0 amide bonds. The summed E-state index contributed by atoms with van der Waals surface area (Å²) >= 11 is 3.46. The number of benzene rings is 1. The van der Waals surface area contributed by atoms with Crippen LogP contribution < -0.4 is 5.32 Å². The molecule has 2 heterocycles. The summed E-state index contributed by atoms with van der Waals surface area (Å²) in [5.41, 5.74) is 2.28. The minimum Gasteiger partial charge on any atom is -0.356 e. The average molecular weight is 252 g/mol. The summed E-state index contributed by atoms with van der Waals surface area (Å²) in [5.74, 6) is 1.00. The molecule has 2 aromatic rings. The van der Waals surface area contributed by atoms with Gasteiger partial charge in [-0.05, 0) is 24.6 Å². The van der Waals surface area contributed by atoms with E-state index in [9.17, 15) is 0 Å². The molecule has 4 heteroatoms. The molecular formula is C10H10BrN3. The van der Waals surface area contributed by atoms with Crippen molar-refractivity contribution in [1.29, 1.82) is 0 Å². The number of hydrogen-bond acceptors (Lipinski definition) is 2. The molecular weight excluding hydrogens is 242 g/mol. The largest absolute Gasteiger partial charge is 0.356 e. The molecule has 0 aliphatic carbocycles. The van der Waals surface area contributed by atoms with Crippen LogP contribution in [0.5, 0.6) is 0 Å². The number of aryl methyl sites for hydroxylation is 1. The van der Waals surface area contributed by atoms with Crippen LogP contribution in [0.1, 0.15) is 6.42 Å². The van der Waals surface area contributed by atoms with Gasteiger partial charge in [-0.25, -0.2) is 4.98 Å². The Hall–Kier alpha value is -1.03. The average Bonchev–Trinajstić information content (AvgIpc) is 2.54. The first-order valence-electron chi connectivity index (χ1n) is 4.74. The smallest absolute Gasteiger partial charge is 0.203 e. The van der Waals surface area contributed by atoms with E-state index in [1.807, 2.05) is 0 Å². The van der Waals surface area contributed by atoms with Crippen molar-refractivity contribution in [2.45, 2.75) is 13.0 Å². The molecule has 0 radical (unpaired) electrons. The standard InChI is InChI=1S/C10H10BrN3/c11-7-2-3-9-8(6-7)13-10-12-4-1-5-14(9)10/h2-3,6H,1,4-5H2,(H,12,13). The van der Waals surface area contributed by atoms with Gasteiger partial charge in [0.15, 0.2) is 0 Å². The van der Waals surface area contributed by atoms with Gasteiger partial charge in [0.25, 0.3) is 0 Å². The molecule has 0 saturated heterocycles. The van der Waals surface area contributed by atoms with Gasteiger partial charge in [0, 0.05) is 17.6 Å². The molecule has 1 N–H and O–H groups in total. The van der Waals surface area contributed by atoms with Crippen molar-refractivity contribution >= 4 is 32.9 Å². The lowest BCUT2D eigenvalue weighted by atomic mass is 10.3. The third kappa shape index (κ3) is 1.14. The lowest BCUT2D eigenvalue weighted by molar-refractivity contribution is 0.642. The first-order valence-corrected chi connectivity index (χ1v) is 5.53. The SMILES string of the molecule is Brc1ccc2c(c1)nc1n2CCCN1. The van der Waals surface area contributed by atoms with E-state index >= 15 is 0 Å². The van der Waals surface area contributed by atoms with Crippen LogP contribution in [0.2, 0.25) is 0 Å². The number of imidazole rings is 1. The Labute approximate surface area is 90.3 Å². The molecule has 0 saturated carbocycles. The van der Waals surface area contributed by atoms with Crippen molar-refractivity contribution < 1.29 is 0 Å². The van der Waals surface area contributed by atoms with E-state index in [1.165, 1.54) is 11.9 Å². The second-order valence-electron chi connectivity index (χ2n) is 3.50. The summed E-state index contributed by atoms with van der Waals surface area (Å²) in [6, 6.07) is 6.23. The van der Waals surface area contributed by atoms with Crippen LogP contribution in [0.25, 0.3) is 11.0 Å². The topological polar surface area (TPSA) is 29.9 Å². The van der Waals surface area contributed by atoms with Gasteiger partial charge in [0.1, 0.15) is 0 Å². The van der Waals surface area contributed by atoms with Gasteiger partial charge in [0.05, 0.1) is 11.0 Å². The quantitative estimate of drug-likeness (QED) is 0.781. The summed E-state index contributed by atoms with van der Waals surface area (Å²) in [7, 11) is 0. The highest BCUT2D eigenvalue weighted by molar-refractivity contribution is 9.10. The molecule has 1 aromatic heterocycles. The van der Waals surface area contributed by atoms with Crippen LogP contribution in [-0.4, -0.2) is 16.1 Å². The molecule has 14 heavy (non-hydrogen) atoms. The molecule has 72 valence electrons. The first kappa shape index (κ1) is 8.29. The van der Waals surface area contributed by atoms with E-state index in [4.69, 9.17) is 0 Å². The predicted molar refractivity (Wildman–Crippen MR) is 60.5 cm³/mol. The zero-order chi connectivity index (χ0) is 9.54. The van der Waals surface area contributed by atoms with E-state index in [2.05, 4.69) is 49.0 Å². The minimum atomic E-state index is 1.00. The van der Waals surface area contributed by atoms with Crippen LogP contribution in [0.4, 0.5) is 5.95 Å². The lowest BCUT2D eigenvalue weighted by Crippen LogP contribution is -2.16. The second kappa shape index (κ2) is 2.98. The third-order valence-electron chi connectivity index (χ3n) is 2.55. The van der Waals surface area contributed by atoms with Crippen molar-refractivity contribution in [1.82, 2.24) is 9.55 Å². The summed E-state index contributed by atoms with van der Waals surface area (Å²) in [6.45, 7) is 2.10. The van der Waals surface area contributed by atoms with Crippen LogP contribution in [0.15, 0.2) is 22.7 Å². The number of rotatable bonds is 0. The maximum atomic E-state index is 4.54. The number of hydrogen-bond donors (Lipinski definition) is 1. The van der Waals surface area contributed by atoms with Crippen LogP contribution >= 0.6 is 15.9 Å². The molecule has 0 bridgehead atoms. The number of fused-ring (bicyclic) bond motifs is 3. The molecule has 0 unspecified atom stereocenters. The Bertz CT molecular complexity index is 489. The fourth-order valence-corrected chi connectivity index (χ4v) is 2.25. The van der Waals surface area contributed by atoms with Crippen molar-refractivity contribution in [3.63, 3.8) is 0 Å². The van der Waals surface area contributed by atoms with E-state index in [1.54, 1.807) is 0 Å². The van der Waals surface area contributed by atoms with Gasteiger partial charge in [-0.2, -0.15) is 0 Å². The van der Waals surface area contributed by atoms with E-state index in [-0.39, 0.29) is 0 Å². The number of nitrogens with zero attached hydrogens (tertiary/aromatic N) is 2. The molecule has 0 atom stereocenters. The number of aromatic nitrogens is 2. The second-order valence-corrected chi connectivity index (χ2v) is 4.42. The summed E-state index contributed by atoms with van der Waals surface area (Å²) in [4.78, 5) is 4.54. The van der Waals surface area contributed by atoms with Crippen LogP contribution in [0.3, 0.4) is 0 Å². The van der Waals surface area contributed by atoms with Gasteiger partial charge >= 0.3 is 0 Å². The lowest BCUT2D eigenvalue weighted by Gasteiger charge is -2.15. The third-order valence-corrected chi connectivity index (χ3v) is 3.05. The molecule has 3 rings (SSSR count). The Morgan fingerprint density at radius 3 is 3.29 bits per heavy atom. The predicted octanol–water partition coefficient (Wildman–Crippen LogP) is 2.61. The van der Waals surface area contributed by atoms with Gasteiger partial charge in [-0.3, -0.25) is 0 Å². The van der Waals surface area contributed by atoms with Gasteiger partial charge in [0.2, 0.25) is 5.95 Å². The van der Waals surface area contributed by atoms with Crippen molar-refractivity contribution in [2.24, 2.45) is 0 Å². The summed E-state index contributed by atoms with van der Waals surface area (Å²) in [6.07, 6.45) is 1.18. The Balaban J connectivity index is 2.31. The molecule has 0 fully saturated rings. The zero-order valence-electron chi connectivity index (χ0n) is 7.63. The molecule has 0 spiro atoms. The highest BCUT2D eigenvalue weighted by atomic mass is 79.9. The van der Waals surface area contributed by atoms with Crippen molar-refractivity contribution in [3.05, 3.63) is 22.7 Å². The normalized spacial score (nSPS) is 15.2. The van der Waals surface area contributed by atoms with Gasteiger partial charge < -0.3 is 9.88 Å². The monoisotopic (exact) mass is 251 g/mol. The molecule has 3 nitrogen and oxygen atoms in total. The summed E-state index contributed by atoms with van der Waals surface area (Å²) < 4.78 is 3.33. The maximum Gasteiger partial charge on any atom is 0.203 e. The molecule has 1 aliphatic heterocycles. The van der Waals surface area contributed by atoms with Crippen molar-refractivity contribution in [3.8, 4) is 0 Å². The van der Waals surface area contributed by atoms with Crippen LogP contribution in [-0.2, 0) is 6.54 Å². The van der Waals surface area contributed by atoms with Crippen LogP contribution in [0, 0.1) is 0 Å². The van der Waals surface area contributed by atoms with E-state index in [0.717, 1.165) is 29.0 Å². The fourth-order valence-electron chi connectivity index (χ4n) is 1.90. The zero-order valence-corrected chi connectivity index (χ0v) is 9.21. The van der Waals surface area contributed by atoms with E-state index < -0.39 is 0 Å².